The van der Waals surface area contributed by atoms with Crippen LogP contribution in [0, 0.1) is 5.92 Å². The number of amides is 1. The second-order valence-electron chi connectivity index (χ2n) is 2.80. The molecule has 0 rings (SSSR count). The van der Waals surface area contributed by atoms with Crippen LogP contribution in [0.4, 0.5) is 8.78 Å². The van der Waals surface area contributed by atoms with Gasteiger partial charge in [-0.3, -0.25) is 4.79 Å². The van der Waals surface area contributed by atoms with Gasteiger partial charge in [-0.05, 0) is 0 Å². The number of aliphatic hydroxyl groups excluding tert-OH is 1. The van der Waals surface area contributed by atoms with E-state index in [2.05, 4.69) is 5.32 Å². The first-order valence-corrected chi connectivity index (χ1v) is 3.69. The Balaban J connectivity index is 3.61. The Morgan fingerprint density at radius 2 is 2.00 bits per heavy atom. The number of hydrogen-bond acceptors (Lipinski definition) is 2. The fourth-order valence-corrected chi connectivity index (χ4v) is 0.498. The lowest BCUT2D eigenvalue weighted by atomic mass is 10.2. The molecule has 0 saturated heterocycles. The summed E-state index contributed by atoms with van der Waals surface area (Å²) >= 11 is 0. The van der Waals surface area contributed by atoms with Gasteiger partial charge < -0.3 is 10.4 Å². The van der Waals surface area contributed by atoms with Crippen molar-refractivity contribution >= 4 is 5.91 Å². The second kappa shape index (κ2) is 5.03. The Bertz CT molecular complexity index is 150. The molecule has 0 aliphatic heterocycles. The minimum atomic E-state index is -2.81. The lowest BCUT2D eigenvalue weighted by Crippen LogP contribution is -2.37. The average Bonchev–Trinajstić information content (AvgIpc) is 1.98. The van der Waals surface area contributed by atoms with Gasteiger partial charge in [0.05, 0.1) is 0 Å². The third-order valence-electron chi connectivity index (χ3n) is 1.30. The molecule has 1 unspecified atom stereocenters. The van der Waals surface area contributed by atoms with Crippen LogP contribution in [-0.2, 0) is 4.79 Å². The maximum Gasteiger partial charge on any atom is 0.265 e. The fraction of sp³-hybridized carbons (Fsp3) is 0.857. The number of carbonyl (C=O) groups excluding carboxylic acids is 1. The van der Waals surface area contributed by atoms with Crippen molar-refractivity contribution in [2.24, 2.45) is 5.92 Å². The third-order valence-corrected chi connectivity index (χ3v) is 1.30. The van der Waals surface area contributed by atoms with E-state index in [0.29, 0.717) is 0 Å². The number of rotatable bonds is 4. The van der Waals surface area contributed by atoms with Crippen LogP contribution in [0.3, 0.4) is 0 Å². The normalized spacial score (nSPS) is 13.6. The van der Waals surface area contributed by atoms with Crippen molar-refractivity contribution in [2.75, 3.05) is 6.54 Å². The van der Waals surface area contributed by atoms with Gasteiger partial charge in [0.1, 0.15) is 6.10 Å². The number of alkyl halides is 2. The number of halogens is 2. The number of hydrogen-bond donors (Lipinski definition) is 2. The molecule has 0 bridgehead atoms. The van der Waals surface area contributed by atoms with Crippen molar-refractivity contribution in [3.05, 3.63) is 0 Å². The first-order chi connectivity index (χ1) is 5.45. The summed E-state index contributed by atoms with van der Waals surface area (Å²) in [4.78, 5) is 10.8. The van der Waals surface area contributed by atoms with Crippen molar-refractivity contribution in [3.8, 4) is 0 Å². The number of carbonyl (C=O) groups is 1. The molecule has 0 saturated carbocycles. The molecule has 0 aromatic heterocycles. The summed E-state index contributed by atoms with van der Waals surface area (Å²) < 4.78 is 23.4. The SMILES string of the molecule is CC(C)C(=O)NCC(O)C(F)F. The van der Waals surface area contributed by atoms with Crippen molar-refractivity contribution in [3.63, 3.8) is 0 Å². The Morgan fingerprint density at radius 1 is 1.50 bits per heavy atom. The molecule has 0 heterocycles. The van der Waals surface area contributed by atoms with Crippen LogP contribution in [0.25, 0.3) is 0 Å². The largest absolute Gasteiger partial charge is 0.385 e. The molecule has 1 atom stereocenters. The predicted molar refractivity (Wildman–Crippen MR) is 39.9 cm³/mol. The molecular weight excluding hydrogens is 168 g/mol. The van der Waals surface area contributed by atoms with Crippen LogP contribution in [-0.4, -0.2) is 30.1 Å². The lowest BCUT2D eigenvalue weighted by Gasteiger charge is -2.11. The van der Waals surface area contributed by atoms with Crippen molar-refractivity contribution in [2.45, 2.75) is 26.4 Å². The van der Waals surface area contributed by atoms with Crippen molar-refractivity contribution < 1.29 is 18.7 Å². The molecule has 12 heavy (non-hydrogen) atoms. The first kappa shape index (κ1) is 11.3. The fourth-order valence-electron chi connectivity index (χ4n) is 0.498. The molecular formula is C7H13F2NO2. The highest BCUT2D eigenvalue weighted by atomic mass is 19.3. The van der Waals surface area contributed by atoms with E-state index in [1.54, 1.807) is 13.8 Å². The molecule has 72 valence electrons. The highest BCUT2D eigenvalue weighted by Gasteiger charge is 2.17. The zero-order valence-corrected chi connectivity index (χ0v) is 7.05. The Hall–Kier alpha value is -0.710. The van der Waals surface area contributed by atoms with Crippen LogP contribution in [0.2, 0.25) is 0 Å². The smallest absolute Gasteiger partial charge is 0.265 e. The van der Waals surface area contributed by atoms with Gasteiger partial charge in [0.25, 0.3) is 6.43 Å². The highest BCUT2D eigenvalue weighted by Crippen LogP contribution is 1.99. The van der Waals surface area contributed by atoms with Gasteiger partial charge in [-0.15, -0.1) is 0 Å². The number of nitrogens with one attached hydrogen (secondary N) is 1. The van der Waals surface area contributed by atoms with Crippen LogP contribution in [0.15, 0.2) is 0 Å². The zero-order chi connectivity index (χ0) is 9.72. The maximum atomic E-state index is 11.7. The van der Waals surface area contributed by atoms with E-state index in [1.807, 2.05) is 0 Å². The van der Waals surface area contributed by atoms with E-state index in [-0.39, 0.29) is 11.8 Å². The maximum absolute atomic E-state index is 11.7. The van der Waals surface area contributed by atoms with Crippen LogP contribution in [0.5, 0.6) is 0 Å². The van der Waals surface area contributed by atoms with Crippen molar-refractivity contribution in [1.82, 2.24) is 5.32 Å². The predicted octanol–water partition coefficient (Wildman–Crippen LogP) is 0.385. The van der Waals surface area contributed by atoms with E-state index >= 15 is 0 Å². The van der Waals surface area contributed by atoms with Gasteiger partial charge in [-0.2, -0.15) is 0 Å². The van der Waals surface area contributed by atoms with Gasteiger partial charge in [0.15, 0.2) is 0 Å². The Morgan fingerprint density at radius 3 is 2.33 bits per heavy atom. The molecule has 3 nitrogen and oxygen atoms in total. The van der Waals surface area contributed by atoms with E-state index in [4.69, 9.17) is 5.11 Å². The second-order valence-corrected chi connectivity index (χ2v) is 2.80. The molecule has 0 aromatic rings. The van der Waals surface area contributed by atoms with Crippen LogP contribution >= 0.6 is 0 Å². The van der Waals surface area contributed by atoms with E-state index in [9.17, 15) is 13.6 Å². The standard InChI is InChI=1S/C7H13F2NO2/c1-4(2)7(12)10-3-5(11)6(8)9/h4-6,11H,3H2,1-2H3,(H,10,12). The van der Waals surface area contributed by atoms with Crippen molar-refractivity contribution in [1.29, 1.82) is 0 Å². The summed E-state index contributed by atoms with van der Waals surface area (Å²) in [5.41, 5.74) is 0. The molecule has 0 spiro atoms. The summed E-state index contributed by atoms with van der Waals surface area (Å²) in [6.07, 6.45) is -4.58. The van der Waals surface area contributed by atoms with Gasteiger partial charge in [-0.25, -0.2) is 8.78 Å². The van der Waals surface area contributed by atoms with E-state index in [0.717, 1.165) is 0 Å². The van der Waals surface area contributed by atoms with E-state index in [1.165, 1.54) is 0 Å². The molecule has 0 aliphatic rings. The highest BCUT2D eigenvalue weighted by molar-refractivity contribution is 5.77. The number of aliphatic hydroxyl groups is 1. The lowest BCUT2D eigenvalue weighted by molar-refractivity contribution is -0.125. The molecule has 2 N–H and O–H groups in total. The summed E-state index contributed by atoms with van der Waals surface area (Å²) in [7, 11) is 0. The Labute approximate surface area is 69.8 Å². The van der Waals surface area contributed by atoms with Crippen LogP contribution in [0.1, 0.15) is 13.8 Å². The summed E-state index contributed by atoms with van der Waals surface area (Å²) in [5, 5.41) is 10.8. The van der Waals surface area contributed by atoms with Crippen LogP contribution < -0.4 is 5.32 Å². The summed E-state index contributed by atoms with van der Waals surface area (Å²) in [5.74, 6) is -0.593. The molecule has 0 aromatic carbocycles. The summed E-state index contributed by atoms with van der Waals surface area (Å²) in [6, 6.07) is 0. The van der Waals surface area contributed by atoms with E-state index < -0.39 is 19.1 Å². The third kappa shape index (κ3) is 4.23. The summed E-state index contributed by atoms with van der Waals surface area (Å²) in [6.45, 7) is 2.89. The molecule has 0 fully saturated rings. The minimum Gasteiger partial charge on any atom is -0.385 e. The van der Waals surface area contributed by atoms with Gasteiger partial charge >= 0.3 is 0 Å². The quantitative estimate of drug-likeness (QED) is 0.659. The molecule has 1 amide bonds. The monoisotopic (exact) mass is 181 g/mol. The van der Waals surface area contributed by atoms with Gasteiger partial charge in [-0.1, -0.05) is 13.8 Å². The first-order valence-electron chi connectivity index (χ1n) is 3.69. The van der Waals surface area contributed by atoms with Gasteiger partial charge in [0.2, 0.25) is 5.91 Å². The molecule has 0 radical (unpaired) electrons. The molecule has 5 heteroatoms. The minimum absolute atomic E-state index is 0.255. The van der Waals surface area contributed by atoms with Gasteiger partial charge in [0, 0.05) is 12.5 Å². The Kier molecular flexibility index (Phi) is 4.73. The molecule has 0 aliphatic carbocycles. The topological polar surface area (TPSA) is 49.3 Å². The average molecular weight is 181 g/mol. The zero-order valence-electron chi connectivity index (χ0n) is 7.05.